The Hall–Kier alpha value is -2.44. The molecular formula is C15H12Cl2N4O2. The first-order valence-electron chi connectivity index (χ1n) is 6.52. The van der Waals surface area contributed by atoms with Crippen LogP contribution in [0.25, 0.3) is 0 Å². The smallest absolute Gasteiger partial charge is 0.270 e. The number of carbonyl (C=O) groups excluding carboxylic acids is 2. The van der Waals surface area contributed by atoms with E-state index in [1.165, 1.54) is 12.4 Å². The molecule has 2 aromatic rings. The van der Waals surface area contributed by atoms with E-state index in [1.54, 1.807) is 36.4 Å². The Balaban J connectivity index is 1.81. The van der Waals surface area contributed by atoms with Crippen molar-refractivity contribution in [3.63, 3.8) is 0 Å². The molecule has 0 atom stereocenters. The number of halogens is 2. The van der Waals surface area contributed by atoms with Crippen molar-refractivity contribution in [2.45, 2.75) is 0 Å². The molecule has 2 N–H and O–H groups in total. The molecule has 23 heavy (non-hydrogen) atoms. The van der Waals surface area contributed by atoms with Crippen molar-refractivity contribution in [2.75, 3.05) is 6.54 Å². The van der Waals surface area contributed by atoms with E-state index in [9.17, 15) is 9.59 Å². The molecule has 0 fully saturated rings. The highest BCUT2D eigenvalue weighted by Gasteiger charge is 2.07. The summed E-state index contributed by atoms with van der Waals surface area (Å²) in [6.45, 7) is -0.221. The molecular weight excluding hydrogens is 339 g/mol. The molecule has 1 heterocycles. The van der Waals surface area contributed by atoms with Gasteiger partial charge in [0.1, 0.15) is 5.69 Å². The van der Waals surface area contributed by atoms with Gasteiger partial charge in [-0.15, -0.1) is 0 Å². The van der Waals surface area contributed by atoms with Crippen molar-refractivity contribution in [2.24, 2.45) is 5.10 Å². The highest BCUT2D eigenvalue weighted by Crippen LogP contribution is 2.19. The Kier molecular flexibility index (Phi) is 6.08. The second kappa shape index (κ2) is 8.26. The summed E-state index contributed by atoms with van der Waals surface area (Å²) in [5, 5.41) is 7.12. The van der Waals surface area contributed by atoms with E-state index in [0.29, 0.717) is 15.6 Å². The number of nitrogens with zero attached hydrogens (tertiary/aromatic N) is 2. The van der Waals surface area contributed by atoms with Crippen molar-refractivity contribution in [1.82, 2.24) is 15.7 Å². The minimum absolute atomic E-state index is 0.221. The minimum atomic E-state index is -0.476. The van der Waals surface area contributed by atoms with E-state index in [0.717, 1.165) is 0 Å². The summed E-state index contributed by atoms with van der Waals surface area (Å²) in [6, 6.07) is 9.82. The maximum atomic E-state index is 11.7. The highest BCUT2D eigenvalue weighted by molar-refractivity contribution is 6.36. The maximum Gasteiger partial charge on any atom is 0.270 e. The molecule has 0 aliphatic heterocycles. The second-order valence-electron chi connectivity index (χ2n) is 4.36. The summed E-state index contributed by atoms with van der Waals surface area (Å²) in [7, 11) is 0. The SMILES string of the molecule is O=C(CNC(=O)c1ccccn1)NN=Cc1ccc(Cl)cc1Cl. The Bertz CT molecular complexity index is 736. The van der Waals surface area contributed by atoms with Crippen LogP contribution in [0.5, 0.6) is 0 Å². The van der Waals surface area contributed by atoms with Gasteiger partial charge in [-0.1, -0.05) is 35.3 Å². The van der Waals surface area contributed by atoms with Crippen LogP contribution in [0, 0.1) is 0 Å². The molecule has 1 aromatic heterocycles. The van der Waals surface area contributed by atoms with E-state index in [-0.39, 0.29) is 12.2 Å². The monoisotopic (exact) mass is 350 g/mol. The number of nitrogens with one attached hydrogen (secondary N) is 2. The largest absolute Gasteiger partial charge is 0.342 e. The molecule has 0 aliphatic rings. The van der Waals surface area contributed by atoms with Crippen molar-refractivity contribution in [3.05, 3.63) is 63.9 Å². The van der Waals surface area contributed by atoms with E-state index in [2.05, 4.69) is 20.8 Å². The summed E-state index contributed by atoms with van der Waals surface area (Å²) in [5.41, 5.74) is 3.12. The molecule has 118 valence electrons. The zero-order valence-corrected chi connectivity index (χ0v) is 13.3. The highest BCUT2D eigenvalue weighted by atomic mass is 35.5. The van der Waals surface area contributed by atoms with Gasteiger partial charge >= 0.3 is 0 Å². The van der Waals surface area contributed by atoms with Crippen molar-refractivity contribution in [3.8, 4) is 0 Å². The van der Waals surface area contributed by atoms with E-state index < -0.39 is 11.8 Å². The molecule has 0 bridgehead atoms. The first-order valence-corrected chi connectivity index (χ1v) is 7.28. The van der Waals surface area contributed by atoms with Gasteiger partial charge in [0.2, 0.25) is 0 Å². The predicted octanol–water partition coefficient (Wildman–Crippen LogP) is 2.27. The third kappa shape index (κ3) is 5.36. The molecule has 6 nitrogen and oxygen atoms in total. The standard InChI is InChI=1S/C15H12Cl2N4O2/c16-11-5-4-10(12(17)7-11)8-20-21-14(22)9-19-15(23)13-3-1-2-6-18-13/h1-8H,9H2,(H,19,23)(H,21,22). The van der Waals surface area contributed by atoms with Crippen LogP contribution in [0.2, 0.25) is 10.0 Å². The topological polar surface area (TPSA) is 83.5 Å². The van der Waals surface area contributed by atoms with E-state index in [1.807, 2.05) is 0 Å². The Morgan fingerprint density at radius 3 is 2.74 bits per heavy atom. The van der Waals surface area contributed by atoms with Gasteiger partial charge in [0, 0.05) is 16.8 Å². The third-order valence-corrected chi connectivity index (χ3v) is 3.22. The third-order valence-electron chi connectivity index (χ3n) is 2.66. The molecule has 0 aliphatic carbocycles. The number of hydrogen-bond acceptors (Lipinski definition) is 4. The molecule has 8 heteroatoms. The molecule has 2 rings (SSSR count). The Morgan fingerprint density at radius 2 is 2.04 bits per heavy atom. The number of carbonyl (C=O) groups is 2. The maximum absolute atomic E-state index is 11.7. The van der Waals surface area contributed by atoms with Crippen LogP contribution in [0.15, 0.2) is 47.7 Å². The summed E-state index contributed by atoms with van der Waals surface area (Å²) < 4.78 is 0. The number of hydrazone groups is 1. The number of rotatable bonds is 5. The van der Waals surface area contributed by atoms with E-state index in [4.69, 9.17) is 23.2 Å². The van der Waals surface area contributed by atoms with Crippen molar-refractivity contribution in [1.29, 1.82) is 0 Å². The summed E-state index contributed by atoms with van der Waals surface area (Å²) >= 11 is 11.7. The first kappa shape index (κ1) is 16.9. The summed E-state index contributed by atoms with van der Waals surface area (Å²) in [6.07, 6.45) is 2.88. The Labute approximate surface area is 142 Å². The van der Waals surface area contributed by atoms with Gasteiger partial charge in [0.15, 0.2) is 0 Å². The molecule has 1 aromatic carbocycles. The van der Waals surface area contributed by atoms with Gasteiger partial charge in [-0.25, -0.2) is 5.43 Å². The van der Waals surface area contributed by atoms with Crippen molar-refractivity contribution >= 4 is 41.2 Å². The molecule has 2 amide bonds. The fourth-order valence-electron chi connectivity index (χ4n) is 1.57. The predicted molar refractivity (Wildman–Crippen MR) is 88.8 cm³/mol. The molecule has 0 saturated carbocycles. The van der Waals surface area contributed by atoms with Gasteiger partial charge in [-0.05, 0) is 24.3 Å². The lowest BCUT2D eigenvalue weighted by molar-refractivity contribution is -0.120. The number of amides is 2. The first-order chi connectivity index (χ1) is 11.1. The van der Waals surface area contributed by atoms with Crippen LogP contribution in [0.3, 0.4) is 0 Å². The van der Waals surface area contributed by atoms with Gasteiger partial charge < -0.3 is 5.32 Å². The number of benzene rings is 1. The lowest BCUT2D eigenvalue weighted by Gasteiger charge is -2.03. The van der Waals surface area contributed by atoms with Gasteiger partial charge in [0.25, 0.3) is 11.8 Å². The molecule has 0 spiro atoms. The van der Waals surface area contributed by atoms with E-state index >= 15 is 0 Å². The second-order valence-corrected chi connectivity index (χ2v) is 5.20. The lowest BCUT2D eigenvalue weighted by Crippen LogP contribution is -2.35. The Morgan fingerprint density at radius 1 is 1.22 bits per heavy atom. The minimum Gasteiger partial charge on any atom is -0.342 e. The normalized spacial score (nSPS) is 10.5. The van der Waals surface area contributed by atoms with Crippen molar-refractivity contribution < 1.29 is 9.59 Å². The van der Waals surface area contributed by atoms with Gasteiger partial charge in [-0.2, -0.15) is 5.10 Å². The number of pyridine rings is 1. The van der Waals surface area contributed by atoms with Crippen LogP contribution in [-0.4, -0.2) is 29.6 Å². The van der Waals surface area contributed by atoms with Crippen LogP contribution in [0.4, 0.5) is 0 Å². The summed E-state index contributed by atoms with van der Waals surface area (Å²) in [5.74, 6) is -0.916. The molecule has 0 radical (unpaired) electrons. The zero-order chi connectivity index (χ0) is 16.7. The van der Waals surface area contributed by atoms with Crippen LogP contribution in [-0.2, 0) is 4.79 Å². The van der Waals surface area contributed by atoms with Crippen LogP contribution >= 0.6 is 23.2 Å². The van der Waals surface area contributed by atoms with Gasteiger partial charge in [-0.3, -0.25) is 14.6 Å². The van der Waals surface area contributed by atoms with Gasteiger partial charge in [0.05, 0.1) is 17.8 Å². The quantitative estimate of drug-likeness (QED) is 0.640. The molecule has 0 unspecified atom stereocenters. The van der Waals surface area contributed by atoms with Crippen LogP contribution in [0.1, 0.15) is 16.1 Å². The number of hydrogen-bond donors (Lipinski definition) is 2. The average Bonchev–Trinajstić information content (AvgIpc) is 2.55. The average molecular weight is 351 g/mol. The zero-order valence-electron chi connectivity index (χ0n) is 11.8. The summed E-state index contributed by atoms with van der Waals surface area (Å²) in [4.78, 5) is 27.2. The number of aromatic nitrogens is 1. The fraction of sp³-hybridized carbons (Fsp3) is 0.0667. The fourth-order valence-corrected chi connectivity index (χ4v) is 2.03. The lowest BCUT2D eigenvalue weighted by atomic mass is 10.2. The van der Waals surface area contributed by atoms with Crippen LogP contribution < -0.4 is 10.7 Å². The molecule has 0 saturated heterocycles.